The highest BCUT2D eigenvalue weighted by atomic mass is 32.1. The van der Waals surface area contributed by atoms with Crippen molar-refractivity contribution in [1.29, 1.82) is 0 Å². The molecule has 0 amide bonds. The molecular weight excluding hydrogens is 220 g/mol. The predicted molar refractivity (Wildman–Crippen MR) is 70.1 cm³/mol. The van der Waals surface area contributed by atoms with Crippen molar-refractivity contribution in [3.63, 3.8) is 0 Å². The first-order valence-corrected chi connectivity index (χ1v) is 6.24. The second-order valence-corrected chi connectivity index (χ2v) is 5.25. The molecule has 0 saturated heterocycles. The average molecular weight is 240 g/mol. The van der Waals surface area contributed by atoms with Gasteiger partial charge in [0.05, 0.1) is 17.2 Å². The number of nitrogens with zero attached hydrogens (tertiary/aromatic N) is 2. The molecule has 0 unspecified atom stereocenters. The second kappa shape index (κ2) is 5.84. The molecular formula is C11H20N4S. The molecule has 90 valence electrons. The molecule has 0 aliphatic carbocycles. The van der Waals surface area contributed by atoms with Crippen LogP contribution in [0.15, 0.2) is 4.99 Å². The van der Waals surface area contributed by atoms with E-state index in [-0.39, 0.29) is 0 Å². The summed E-state index contributed by atoms with van der Waals surface area (Å²) in [4.78, 5) is 9.82. The first-order valence-electron chi connectivity index (χ1n) is 5.43. The fraction of sp³-hybridized carbons (Fsp3) is 0.636. The Morgan fingerprint density at radius 2 is 2.12 bits per heavy atom. The lowest BCUT2D eigenvalue weighted by Gasteiger charge is -2.13. The van der Waals surface area contributed by atoms with E-state index in [9.17, 15) is 0 Å². The molecule has 1 aromatic heterocycles. The molecule has 4 nitrogen and oxygen atoms in total. The van der Waals surface area contributed by atoms with Gasteiger partial charge in [0.2, 0.25) is 0 Å². The first-order chi connectivity index (χ1) is 7.52. The highest BCUT2D eigenvalue weighted by molar-refractivity contribution is 7.11. The molecule has 0 radical (unpaired) electrons. The summed E-state index contributed by atoms with van der Waals surface area (Å²) in [5.41, 5.74) is 1.11. The van der Waals surface area contributed by atoms with E-state index in [1.54, 1.807) is 18.4 Å². The van der Waals surface area contributed by atoms with Crippen LogP contribution in [0.1, 0.15) is 29.4 Å². The highest BCUT2D eigenvalue weighted by Gasteiger charge is 2.06. The summed E-state index contributed by atoms with van der Waals surface area (Å²) in [5, 5.41) is 7.64. The van der Waals surface area contributed by atoms with Gasteiger partial charge in [0.25, 0.3) is 0 Å². The van der Waals surface area contributed by atoms with Crippen molar-refractivity contribution in [2.45, 2.75) is 40.3 Å². The summed E-state index contributed by atoms with van der Waals surface area (Å²) in [6.45, 7) is 9.04. The summed E-state index contributed by atoms with van der Waals surface area (Å²) in [6.07, 6.45) is 0. The number of guanidine groups is 1. The number of hydrogen-bond acceptors (Lipinski definition) is 3. The zero-order valence-electron chi connectivity index (χ0n) is 10.6. The van der Waals surface area contributed by atoms with Gasteiger partial charge in [-0.15, -0.1) is 11.3 Å². The predicted octanol–water partition coefficient (Wildman–Crippen LogP) is 1.83. The van der Waals surface area contributed by atoms with Crippen molar-refractivity contribution in [2.75, 3.05) is 7.05 Å². The molecule has 0 atom stereocenters. The number of hydrogen-bond donors (Lipinski definition) is 2. The summed E-state index contributed by atoms with van der Waals surface area (Å²) >= 11 is 1.73. The van der Waals surface area contributed by atoms with E-state index in [2.05, 4.69) is 34.5 Å². The van der Waals surface area contributed by atoms with E-state index >= 15 is 0 Å². The zero-order chi connectivity index (χ0) is 12.1. The van der Waals surface area contributed by atoms with Crippen LogP contribution in [0.3, 0.4) is 0 Å². The minimum absolute atomic E-state index is 0.385. The summed E-state index contributed by atoms with van der Waals surface area (Å²) in [5.74, 6) is 0.834. The Labute approximate surface area is 101 Å². The number of nitrogens with one attached hydrogen (secondary N) is 2. The van der Waals surface area contributed by atoms with E-state index in [1.165, 1.54) is 4.88 Å². The van der Waals surface area contributed by atoms with E-state index in [1.807, 2.05) is 13.8 Å². The summed E-state index contributed by atoms with van der Waals surface area (Å²) in [7, 11) is 1.78. The Morgan fingerprint density at radius 1 is 1.44 bits per heavy atom. The van der Waals surface area contributed by atoms with Crippen molar-refractivity contribution in [1.82, 2.24) is 15.6 Å². The van der Waals surface area contributed by atoms with Gasteiger partial charge in [0.1, 0.15) is 0 Å². The van der Waals surface area contributed by atoms with Crippen LogP contribution in [0, 0.1) is 13.8 Å². The molecule has 0 spiro atoms. The third kappa shape index (κ3) is 3.81. The van der Waals surface area contributed by atoms with Gasteiger partial charge in [0.15, 0.2) is 5.96 Å². The Balaban J connectivity index is 2.53. The zero-order valence-corrected chi connectivity index (χ0v) is 11.4. The number of thiazole rings is 1. The van der Waals surface area contributed by atoms with Gasteiger partial charge < -0.3 is 10.6 Å². The Kier molecular flexibility index (Phi) is 4.73. The number of rotatable bonds is 3. The summed E-state index contributed by atoms with van der Waals surface area (Å²) < 4.78 is 0. The van der Waals surface area contributed by atoms with Crippen LogP contribution in [-0.2, 0) is 6.54 Å². The Hall–Kier alpha value is -1.10. The topological polar surface area (TPSA) is 49.3 Å². The van der Waals surface area contributed by atoms with Gasteiger partial charge in [0, 0.05) is 18.0 Å². The van der Waals surface area contributed by atoms with Gasteiger partial charge >= 0.3 is 0 Å². The molecule has 0 aromatic carbocycles. The number of aliphatic imine (C=N–C) groups is 1. The molecule has 5 heteroatoms. The van der Waals surface area contributed by atoms with Gasteiger partial charge in [-0.3, -0.25) is 4.99 Å². The number of aromatic nitrogens is 1. The van der Waals surface area contributed by atoms with Gasteiger partial charge in [-0.05, 0) is 27.7 Å². The molecule has 1 heterocycles. The standard InChI is InChI=1S/C11H20N4S/c1-7(2)14-11(12-5)13-6-10-8(3)15-9(4)16-10/h7H,6H2,1-5H3,(H2,12,13,14). The van der Waals surface area contributed by atoms with E-state index in [0.29, 0.717) is 6.04 Å². The maximum Gasteiger partial charge on any atom is 0.191 e. The normalized spacial score (nSPS) is 12.0. The lowest BCUT2D eigenvalue weighted by atomic mass is 10.4. The molecule has 2 N–H and O–H groups in total. The Bertz CT molecular complexity index is 368. The minimum Gasteiger partial charge on any atom is -0.354 e. The maximum atomic E-state index is 4.39. The van der Waals surface area contributed by atoms with E-state index in [0.717, 1.165) is 23.2 Å². The quantitative estimate of drug-likeness (QED) is 0.626. The lowest BCUT2D eigenvalue weighted by molar-refractivity contribution is 0.700. The molecule has 0 aliphatic heterocycles. The third-order valence-corrected chi connectivity index (χ3v) is 3.14. The lowest BCUT2D eigenvalue weighted by Crippen LogP contribution is -2.40. The molecule has 0 aliphatic rings. The van der Waals surface area contributed by atoms with Crippen LogP contribution in [0.5, 0.6) is 0 Å². The molecule has 0 saturated carbocycles. The van der Waals surface area contributed by atoms with Crippen LogP contribution in [0.4, 0.5) is 0 Å². The molecule has 0 fully saturated rings. The summed E-state index contributed by atoms with van der Waals surface area (Å²) in [6, 6.07) is 0.385. The smallest absolute Gasteiger partial charge is 0.191 e. The molecule has 1 aromatic rings. The van der Waals surface area contributed by atoms with Crippen LogP contribution in [0.25, 0.3) is 0 Å². The van der Waals surface area contributed by atoms with Gasteiger partial charge in [-0.2, -0.15) is 0 Å². The fourth-order valence-electron chi connectivity index (χ4n) is 1.37. The van der Waals surface area contributed by atoms with Crippen molar-refractivity contribution in [2.24, 2.45) is 4.99 Å². The monoisotopic (exact) mass is 240 g/mol. The molecule has 1 rings (SSSR count). The van der Waals surface area contributed by atoms with Crippen molar-refractivity contribution >= 4 is 17.3 Å². The molecule has 0 bridgehead atoms. The van der Waals surface area contributed by atoms with Crippen LogP contribution < -0.4 is 10.6 Å². The van der Waals surface area contributed by atoms with Crippen molar-refractivity contribution in [3.8, 4) is 0 Å². The first kappa shape index (κ1) is 13.0. The van der Waals surface area contributed by atoms with Gasteiger partial charge in [-0.1, -0.05) is 0 Å². The largest absolute Gasteiger partial charge is 0.354 e. The van der Waals surface area contributed by atoms with Crippen LogP contribution in [-0.4, -0.2) is 24.0 Å². The fourth-order valence-corrected chi connectivity index (χ4v) is 2.25. The second-order valence-electron chi connectivity index (χ2n) is 3.97. The van der Waals surface area contributed by atoms with Crippen molar-refractivity contribution in [3.05, 3.63) is 15.6 Å². The highest BCUT2D eigenvalue weighted by Crippen LogP contribution is 2.16. The van der Waals surface area contributed by atoms with Crippen molar-refractivity contribution < 1.29 is 0 Å². The molecule has 16 heavy (non-hydrogen) atoms. The van der Waals surface area contributed by atoms with Gasteiger partial charge in [-0.25, -0.2) is 4.98 Å². The minimum atomic E-state index is 0.385. The SMILES string of the molecule is CN=C(NCc1sc(C)nc1C)NC(C)C. The third-order valence-electron chi connectivity index (χ3n) is 2.06. The Morgan fingerprint density at radius 3 is 2.56 bits per heavy atom. The van der Waals surface area contributed by atoms with Crippen LogP contribution >= 0.6 is 11.3 Å². The van der Waals surface area contributed by atoms with E-state index < -0.39 is 0 Å². The van der Waals surface area contributed by atoms with Crippen LogP contribution in [0.2, 0.25) is 0 Å². The average Bonchev–Trinajstić information content (AvgIpc) is 2.51. The maximum absolute atomic E-state index is 4.39. The number of aryl methyl sites for hydroxylation is 2. The van der Waals surface area contributed by atoms with E-state index in [4.69, 9.17) is 0 Å².